The van der Waals surface area contributed by atoms with E-state index in [9.17, 15) is 57.1 Å². The van der Waals surface area contributed by atoms with E-state index in [-0.39, 0.29) is 24.0 Å². The fraction of sp³-hybridized carbons (Fsp3) is 0.750. The molecule has 0 fully saturated rings. The van der Waals surface area contributed by atoms with Crippen molar-refractivity contribution < 1.29 is 85.6 Å². The minimum Gasteiger partial charge on any atom is -1.00 e. The highest BCUT2D eigenvalue weighted by molar-refractivity contribution is 5.10. The van der Waals surface area contributed by atoms with Gasteiger partial charge in [-0.2, -0.15) is 57.1 Å². The van der Waals surface area contributed by atoms with Crippen molar-refractivity contribution in [1.29, 1.82) is 0 Å². The molecule has 1 rings (SSSR count). The van der Waals surface area contributed by atoms with Crippen molar-refractivity contribution in [2.45, 2.75) is 48.8 Å². The molecule has 0 bridgehead atoms. The predicted molar refractivity (Wildman–Crippen MR) is 61.0 cm³/mol. The van der Waals surface area contributed by atoms with Crippen LogP contribution >= 0.6 is 0 Å². The maximum absolute atomic E-state index is 13.5. The van der Waals surface area contributed by atoms with Crippen molar-refractivity contribution in [2.24, 2.45) is 7.05 Å². The number of nitrogens with zero attached hydrogens (tertiary/aromatic N) is 2. The van der Waals surface area contributed by atoms with Crippen LogP contribution in [0.25, 0.3) is 0 Å². The van der Waals surface area contributed by atoms with Crippen LogP contribution in [0.15, 0.2) is 18.7 Å². The summed E-state index contributed by atoms with van der Waals surface area (Å²) in [5.41, 5.74) is 0. The summed E-state index contributed by atoms with van der Waals surface area (Å²) in [7, 11) is 1.34. The number of imidazole rings is 1. The van der Waals surface area contributed by atoms with Gasteiger partial charge in [-0.1, -0.05) is 0 Å². The number of hydrogen-bond donors (Lipinski definition) is 0. The van der Waals surface area contributed by atoms with Crippen LogP contribution < -0.4 is 28.5 Å². The Morgan fingerprint density at radius 2 is 1.14 bits per heavy atom. The highest BCUT2D eigenvalue weighted by atomic mass is 127. The Hall–Kier alpha value is -0.970. The third kappa shape index (κ3) is 4.15. The van der Waals surface area contributed by atoms with Crippen LogP contribution in [0.3, 0.4) is 0 Å². The summed E-state index contributed by atoms with van der Waals surface area (Å²) in [5.74, 6) is -36.6. The predicted octanol–water partition coefficient (Wildman–Crippen LogP) is 1.45. The van der Waals surface area contributed by atoms with Gasteiger partial charge in [0, 0.05) is 0 Å². The molecule has 0 saturated heterocycles. The number of rotatable bonds is 7. The van der Waals surface area contributed by atoms with Gasteiger partial charge in [-0.15, -0.1) is 0 Å². The number of aromatic nitrogens is 2. The molecule has 1 aromatic heterocycles. The van der Waals surface area contributed by atoms with E-state index in [0.717, 1.165) is 17.1 Å². The molecule has 28 heavy (non-hydrogen) atoms. The molecule has 0 N–H and O–H groups in total. The molecule has 0 aliphatic heterocycles. The van der Waals surface area contributed by atoms with Crippen LogP contribution in [0.4, 0.5) is 57.1 Å². The van der Waals surface area contributed by atoms with Gasteiger partial charge < -0.3 is 24.0 Å². The third-order valence-corrected chi connectivity index (χ3v) is 3.51. The zero-order valence-corrected chi connectivity index (χ0v) is 15.5. The molecule has 0 spiro atoms. The van der Waals surface area contributed by atoms with E-state index in [0.29, 0.717) is 0 Å². The zero-order chi connectivity index (χ0) is 21.7. The second-order valence-corrected chi connectivity index (χ2v) is 5.57. The summed E-state index contributed by atoms with van der Waals surface area (Å²) in [6.45, 7) is -1.15. The second kappa shape index (κ2) is 7.70. The lowest BCUT2D eigenvalue weighted by Crippen LogP contribution is -3.00. The van der Waals surface area contributed by atoms with E-state index < -0.39 is 48.8 Å². The first-order valence-electron chi connectivity index (χ1n) is 6.69. The SMILES string of the molecule is C[n+]1ccn(CCC(F)(F)C(F)(F)C(F)(F)C(F)(F)C(F)(F)C(F)(F)F)c1.[I-]. The van der Waals surface area contributed by atoms with Crippen LogP contribution in [0.2, 0.25) is 0 Å². The normalized spacial score (nSPS) is 14.8. The molecular weight excluding hydrogens is 546 g/mol. The highest BCUT2D eigenvalue weighted by Gasteiger charge is 2.90. The minimum atomic E-state index is -7.86. The van der Waals surface area contributed by atoms with Gasteiger partial charge in [-0.25, -0.2) is 9.13 Å². The molecule has 1 heterocycles. The lowest BCUT2D eigenvalue weighted by Gasteiger charge is -2.39. The molecular formula is C12H10F13IN2. The third-order valence-electron chi connectivity index (χ3n) is 3.51. The molecule has 0 amide bonds. The first-order chi connectivity index (χ1) is 11.7. The molecule has 0 unspecified atom stereocenters. The standard InChI is InChI=1S/C12H10F13N2.HI/c1-26-4-5-27(6-26)3-2-7(13,14)8(15,16)9(17,18)10(19,20)11(21,22)12(23,24)25;/h4-6H,2-3H2,1H3;1H/q+1;/p-1. The summed E-state index contributed by atoms with van der Waals surface area (Å²) >= 11 is 0. The Morgan fingerprint density at radius 3 is 1.50 bits per heavy atom. The number of hydrogen-bond acceptors (Lipinski definition) is 0. The zero-order valence-electron chi connectivity index (χ0n) is 13.3. The minimum absolute atomic E-state index is 0. The first kappa shape index (κ1) is 27.0. The van der Waals surface area contributed by atoms with Crippen LogP contribution in [-0.2, 0) is 13.6 Å². The van der Waals surface area contributed by atoms with Crippen molar-refractivity contribution in [3.8, 4) is 0 Å². The van der Waals surface area contributed by atoms with Crippen molar-refractivity contribution >= 4 is 0 Å². The van der Waals surface area contributed by atoms with Gasteiger partial charge in [-0.05, 0) is 0 Å². The Morgan fingerprint density at radius 1 is 0.714 bits per heavy atom. The molecule has 0 atom stereocenters. The Bertz CT molecular complexity index is 665. The summed E-state index contributed by atoms with van der Waals surface area (Å²) < 4.78 is 169. The fourth-order valence-corrected chi connectivity index (χ4v) is 1.86. The Kier molecular flexibility index (Phi) is 7.43. The van der Waals surface area contributed by atoms with Crippen molar-refractivity contribution in [2.75, 3.05) is 0 Å². The number of aryl methyl sites for hydroxylation is 2. The Balaban J connectivity index is 0.00000729. The molecule has 0 saturated carbocycles. The van der Waals surface area contributed by atoms with Gasteiger partial charge in [-0.3, -0.25) is 0 Å². The lowest BCUT2D eigenvalue weighted by molar-refractivity contribution is -0.671. The van der Waals surface area contributed by atoms with Gasteiger partial charge in [0.2, 0.25) is 6.33 Å². The average Bonchev–Trinajstić information content (AvgIpc) is 2.89. The summed E-state index contributed by atoms with van der Waals surface area (Å²) in [4.78, 5) is 0. The molecule has 0 aromatic carbocycles. The molecule has 0 aliphatic carbocycles. The van der Waals surface area contributed by atoms with Gasteiger partial charge in [0.05, 0.1) is 20.0 Å². The maximum Gasteiger partial charge on any atom is 0.460 e. The monoisotopic (exact) mass is 556 g/mol. The molecule has 0 radical (unpaired) electrons. The van der Waals surface area contributed by atoms with E-state index in [1.165, 1.54) is 17.8 Å². The van der Waals surface area contributed by atoms with E-state index in [2.05, 4.69) is 0 Å². The van der Waals surface area contributed by atoms with Gasteiger partial charge in [0.1, 0.15) is 12.4 Å². The summed E-state index contributed by atoms with van der Waals surface area (Å²) in [5, 5.41) is 0. The highest BCUT2D eigenvalue weighted by Crippen LogP contribution is 2.60. The van der Waals surface area contributed by atoms with E-state index in [4.69, 9.17) is 0 Å². The topological polar surface area (TPSA) is 8.81 Å². The fourth-order valence-electron chi connectivity index (χ4n) is 1.86. The molecule has 0 aliphatic rings. The van der Waals surface area contributed by atoms with Crippen LogP contribution in [-0.4, -0.2) is 40.4 Å². The van der Waals surface area contributed by atoms with Crippen LogP contribution in [0.1, 0.15) is 6.42 Å². The Labute approximate surface area is 165 Å². The van der Waals surface area contributed by atoms with E-state index in [1.807, 2.05) is 0 Å². The lowest BCUT2D eigenvalue weighted by atomic mass is 9.92. The quantitative estimate of drug-likeness (QED) is 0.274. The molecule has 2 nitrogen and oxygen atoms in total. The van der Waals surface area contributed by atoms with E-state index in [1.54, 1.807) is 0 Å². The summed E-state index contributed by atoms with van der Waals surface area (Å²) in [6.07, 6.45) is -6.45. The van der Waals surface area contributed by atoms with Crippen molar-refractivity contribution in [3.63, 3.8) is 0 Å². The first-order valence-corrected chi connectivity index (χ1v) is 6.69. The van der Waals surface area contributed by atoms with Gasteiger partial charge in [0.15, 0.2) is 0 Å². The number of alkyl halides is 13. The van der Waals surface area contributed by atoms with Crippen molar-refractivity contribution in [3.05, 3.63) is 18.7 Å². The smallest absolute Gasteiger partial charge is 0.460 e. The largest absolute Gasteiger partial charge is 1.00 e. The van der Waals surface area contributed by atoms with Crippen LogP contribution in [0.5, 0.6) is 0 Å². The molecule has 1 aromatic rings. The van der Waals surface area contributed by atoms with Crippen LogP contribution in [0, 0.1) is 0 Å². The second-order valence-electron chi connectivity index (χ2n) is 5.57. The average molecular weight is 556 g/mol. The molecule has 16 heteroatoms. The summed E-state index contributed by atoms with van der Waals surface area (Å²) in [6, 6.07) is 0. The van der Waals surface area contributed by atoms with Gasteiger partial charge >= 0.3 is 35.8 Å². The van der Waals surface area contributed by atoms with Gasteiger partial charge in [0.25, 0.3) is 0 Å². The number of halogens is 14. The van der Waals surface area contributed by atoms with Crippen molar-refractivity contribution in [1.82, 2.24) is 4.57 Å². The molecule has 166 valence electrons. The van der Waals surface area contributed by atoms with E-state index >= 15 is 0 Å². The maximum atomic E-state index is 13.5.